The predicted molar refractivity (Wildman–Crippen MR) is 84.6 cm³/mol. The van der Waals surface area contributed by atoms with Crippen molar-refractivity contribution in [2.24, 2.45) is 5.92 Å². The molecule has 21 heavy (non-hydrogen) atoms. The summed E-state index contributed by atoms with van der Waals surface area (Å²) in [6, 6.07) is 8.15. The highest BCUT2D eigenvalue weighted by Gasteiger charge is 2.22. The molecule has 1 saturated heterocycles. The van der Waals surface area contributed by atoms with Gasteiger partial charge in [-0.2, -0.15) is 0 Å². The van der Waals surface area contributed by atoms with Crippen molar-refractivity contribution in [1.82, 2.24) is 10.6 Å². The molecule has 2 rings (SSSR count). The number of benzene rings is 1. The summed E-state index contributed by atoms with van der Waals surface area (Å²) in [6.07, 6.45) is 1.10. The minimum atomic E-state index is -0.0505. The summed E-state index contributed by atoms with van der Waals surface area (Å²) in [5.74, 6) is 1.67. The van der Waals surface area contributed by atoms with Crippen LogP contribution < -0.4 is 15.4 Å². The molecule has 2 atom stereocenters. The van der Waals surface area contributed by atoms with Crippen LogP contribution in [0.25, 0.3) is 0 Å². The Morgan fingerprint density at radius 2 is 2.29 bits per heavy atom. The number of ether oxygens (including phenoxy) is 1. The van der Waals surface area contributed by atoms with Crippen LogP contribution in [-0.2, 0) is 4.79 Å². The first kappa shape index (κ1) is 15.8. The molecule has 0 bridgehead atoms. The average molecular weight is 290 g/mol. The van der Waals surface area contributed by atoms with Crippen LogP contribution in [0, 0.1) is 5.92 Å². The lowest BCUT2D eigenvalue weighted by Crippen LogP contribution is -2.51. The summed E-state index contributed by atoms with van der Waals surface area (Å²) >= 11 is 0. The molecule has 2 unspecified atom stereocenters. The number of nitrogens with one attached hydrogen (secondary N) is 2. The second-order valence-electron chi connectivity index (χ2n) is 6.16. The zero-order valence-electron chi connectivity index (χ0n) is 13.2. The molecule has 1 aliphatic rings. The third kappa shape index (κ3) is 4.74. The van der Waals surface area contributed by atoms with E-state index in [1.165, 1.54) is 5.56 Å². The number of hydrogen-bond donors (Lipinski definition) is 2. The van der Waals surface area contributed by atoms with Crippen molar-refractivity contribution in [3.63, 3.8) is 0 Å². The number of carbonyl (C=O) groups excluding carboxylic acids is 1. The lowest BCUT2D eigenvalue weighted by molar-refractivity contribution is -0.124. The first-order valence-electron chi connectivity index (χ1n) is 7.79. The Balaban J connectivity index is 1.82. The SMILES string of the molecule is CC(C)c1cccc(OCC(=O)NC2CNCCC2C)c1. The summed E-state index contributed by atoms with van der Waals surface area (Å²) in [6.45, 7) is 8.41. The molecule has 0 aromatic heterocycles. The van der Waals surface area contributed by atoms with E-state index in [2.05, 4.69) is 37.5 Å². The molecular weight excluding hydrogens is 264 g/mol. The van der Waals surface area contributed by atoms with Crippen molar-refractivity contribution in [2.75, 3.05) is 19.7 Å². The van der Waals surface area contributed by atoms with Crippen molar-refractivity contribution in [1.29, 1.82) is 0 Å². The Kier molecular flexibility index (Phi) is 5.62. The van der Waals surface area contributed by atoms with Gasteiger partial charge in [-0.3, -0.25) is 4.79 Å². The summed E-state index contributed by atoms with van der Waals surface area (Å²) in [4.78, 5) is 12.0. The fourth-order valence-corrected chi connectivity index (χ4v) is 2.54. The molecule has 0 saturated carbocycles. The zero-order valence-corrected chi connectivity index (χ0v) is 13.2. The molecule has 1 heterocycles. The van der Waals surface area contributed by atoms with Gasteiger partial charge in [0, 0.05) is 12.6 Å². The number of rotatable bonds is 5. The standard InChI is InChI=1S/C17H26N2O2/c1-12(2)14-5-4-6-15(9-14)21-11-17(20)19-16-10-18-8-7-13(16)3/h4-6,9,12-13,16,18H,7-8,10-11H2,1-3H3,(H,19,20). The van der Waals surface area contributed by atoms with Gasteiger partial charge in [0.2, 0.25) is 0 Å². The van der Waals surface area contributed by atoms with Crippen molar-refractivity contribution >= 4 is 5.91 Å². The van der Waals surface area contributed by atoms with E-state index in [-0.39, 0.29) is 18.6 Å². The quantitative estimate of drug-likeness (QED) is 0.875. The normalized spacial score (nSPS) is 22.1. The smallest absolute Gasteiger partial charge is 0.258 e. The number of hydrogen-bond acceptors (Lipinski definition) is 3. The lowest BCUT2D eigenvalue weighted by atomic mass is 9.95. The molecular formula is C17H26N2O2. The van der Waals surface area contributed by atoms with Gasteiger partial charge in [-0.25, -0.2) is 0 Å². The molecule has 1 amide bonds. The highest BCUT2D eigenvalue weighted by molar-refractivity contribution is 5.77. The van der Waals surface area contributed by atoms with E-state index in [1.807, 2.05) is 18.2 Å². The molecule has 4 heteroatoms. The Morgan fingerprint density at radius 1 is 1.48 bits per heavy atom. The molecule has 4 nitrogen and oxygen atoms in total. The van der Waals surface area contributed by atoms with E-state index in [1.54, 1.807) is 0 Å². The summed E-state index contributed by atoms with van der Waals surface area (Å²) < 4.78 is 5.60. The third-order valence-corrected chi connectivity index (χ3v) is 4.07. The minimum absolute atomic E-state index is 0.0505. The van der Waals surface area contributed by atoms with E-state index in [9.17, 15) is 4.79 Å². The molecule has 1 aromatic carbocycles. The molecule has 1 aromatic rings. The molecule has 0 radical (unpaired) electrons. The molecule has 0 spiro atoms. The van der Waals surface area contributed by atoms with Gasteiger partial charge in [-0.05, 0) is 42.5 Å². The van der Waals surface area contributed by atoms with Gasteiger partial charge in [0.15, 0.2) is 6.61 Å². The number of amides is 1. The van der Waals surface area contributed by atoms with Gasteiger partial charge in [0.25, 0.3) is 5.91 Å². The highest BCUT2D eigenvalue weighted by atomic mass is 16.5. The van der Waals surface area contributed by atoms with Crippen molar-refractivity contribution in [3.05, 3.63) is 29.8 Å². The number of carbonyl (C=O) groups is 1. The fourth-order valence-electron chi connectivity index (χ4n) is 2.54. The van der Waals surface area contributed by atoms with Crippen LogP contribution in [0.15, 0.2) is 24.3 Å². The van der Waals surface area contributed by atoms with Gasteiger partial charge >= 0.3 is 0 Å². The number of piperidine rings is 1. The predicted octanol–water partition coefficient (Wildman–Crippen LogP) is 2.30. The van der Waals surface area contributed by atoms with Crippen LogP contribution in [0.5, 0.6) is 5.75 Å². The molecule has 1 fully saturated rings. The van der Waals surface area contributed by atoms with E-state index in [4.69, 9.17) is 4.74 Å². The molecule has 0 aliphatic carbocycles. The van der Waals surface area contributed by atoms with Gasteiger partial charge < -0.3 is 15.4 Å². The lowest BCUT2D eigenvalue weighted by Gasteiger charge is -2.30. The highest BCUT2D eigenvalue weighted by Crippen LogP contribution is 2.20. The Bertz CT molecular complexity index is 474. The van der Waals surface area contributed by atoms with Crippen LogP contribution >= 0.6 is 0 Å². The van der Waals surface area contributed by atoms with Crippen LogP contribution in [0.4, 0.5) is 0 Å². The maximum Gasteiger partial charge on any atom is 0.258 e. The Morgan fingerprint density at radius 3 is 3.00 bits per heavy atom. The zero-order chi connectivity index (χ0) is 15.2. The van der Waals surface area contributed by atoms with Gasteiger partial charge in [0.1, 0.15) is 5.75 Å². The van der Waals surface area contributed by atoms with Crippen molar-refractivity contribution < 1.29 is 9.53 Å². The average Bonchev–Trinajstić information content (AvgIpc) is 2.48. The second kappa shape index (κ2) is 7.46. The van der Waals surface area contributed by atoms with Crippen molar-refractivity contribution in [3.8, 4) is 5.75 Å². The maximum absolute atomic E-state index is 12.0. The fraction of sp³-hybridized carbons (Fsp3) is 0.588. The summed E-state index contributed by atoms with van der Waals surface area (Å²) in [5.41, 5.74) is 1.22. The van der Waals surface area contributed by atoms with E-state index in [0.717, 1.165) is 25.3 Å². The molecule has 2 N–H and O–H groups in total. The van der Waals surface area contributed by atoms with Gasteiger partial charge in [0.05, 0.1) is 0 Å². The van der Waals surface area contributed by atoms with Crippen LogP contribution in [0.3, 0.4) is 0 Å². The summed E-state index contributed by atoms with van der Waals surface area (Å²) in [5, 5.41) is 6.36. The third-order valence-electron chi connectivity index (χ3n) is 4.07. The van der Waals surface area contributed by atoms with Gasteiger partial charge in [-0.15, -0.1) is 0 Å². The topological polar surface area (TPSA) is 50.4 Å². The summed E-state index contributed by atoms with van der Waals surface area (Å²) in [7, 11) is 0. The van der Waals surface area contributed by atoms with Crippen LogP contribution in [0.1, 0.15) is 38.7 Å². The van der Waals surface area contributed by atoms with Crippen LogP contribution in [-0.4, -0.2) is 31.6 Å². The minimum Gasteiger partial charge on any atom is -0.484 e. The van der Waals surface area contributed by atoms with E-state index < -0.39 is 0 Å². The largest absolute Gasteiger partial charge is 0.484 e. The first-order chi connectivity index (χ1) is 10.1. The van der Waals surface area contributed by atoms with Crippen LogP contribution in [0.2, 0.25) is 0 Å². The van der Waals surface area contributed by atoms with E-state index in [0.29, 0.717) is 11.8 Å². The van der Waals surface area contributed by atoms with Gasteiger partial charge in [-0.1, -0.05) is 32.9 Å². The van der Waals surface area contributed by atoms with Crippen molar-refractivity contribution in [2.45, 2.75) is 39.2 Å². The molecule has 1 aliphatic heterocycles. The monoisotopic (exact) mass is 290 g/mol. The van der Waals surface area contributed by atoms with E-state index >= 15 is 0 Å². The maximum atomic E-state index is 12.0. The Labute approximate surface area is 127 Å². The molecule has 116 valence electrons. The second-order valence-corrected chi connectivity index (χ2v) is 6.16. The Hall–Kier alpha value is -1.55. The first-order valence-corrected chi connectivity index (χ1v) is 7.79.